The molecule has 0 aliphatic carbocycles. The molecule has 1 aliphatic heterocycles. The fourth-order valence-corrected chi connectivity index (χ4v) is 4.25. The molecule has 0 radical (unpaired) electrons. The Morgan fingerprint density at radius 3 is 2.38 bits per heavy atom. The maximum absolute atomic E-state index is 12.8. The lowest BCUT2D eigenvalue weighted by molar-refractivity contribution is -0.00347. The number of hydrogen-bond acceptors (Lipinski definition) is 3. The van der Waals surface area contributed by atoms with E-state index in [0.29, 0.717) is 6.61 Å². The molecule has 24 heavy (non-hydrogen) atoms. The molecule has 1 fully saturated rings. The summed E-state index contributed by atoms with van der Waals surface area (Å²) in [6.45, 7) is 2.62. The number of rotatable bonds is 5. The van der Waals surface area contributed by atoms with E-state index < -0.39 is 10.0 Å². The third-order valence-electron chi connectivity index (χ3n) is 4.36. The molecule has 1 N–H and O–H groups in total. The van der Waals surface area contributed by atoms with E-state index in [2.05, 4.69) is 4.72 Å². The molecule has 4 nitrogen and oxygen atoms in total. The Labute approximate surface area is 143 Å². The minimum atomic E-state index is -3.60. The van der Waals surface area contributed by atoms with Crippen LogP contribution in [0.2, 0.25) is 0 Å². The van der Waals surface area contributed by atoms with Crippen LogP contribution in [0.15, 0.2) is 59.5 Å². The number of benzene rings is 2. The van der Waals surface area contributed by atoms with Crippen LogP contribution in [0.25, 0.3) is 0 Å². The second-order valence-electron chi connectivity index (χ2n) is 6.23. The van der Waals surface area contributed by atoms with Gasteiger partial charge in [-0.15, -0.1) is 0 Å². The van der Waals surface area contributed by atoms with Crippen molar-refractivity contribution >= 4 is 10.0 Å². The Morgan fingerprint density at radius 2 is 1.75 bits per heavy atom. The molecule has 5 heteroatoms. The van der Waals surface area contributed by atoms with Crippen molar-refractivity contribution in [2.75, 3.05) is 6.61 Å². The predicted octanol–water partition coefficient (Wildman–Crippen LogP) is 3.58. The average Bonchev–Trinajstić information content (AvgIpc) is 2.62. The zero-order chi connectivity index (χ0) is 17.0. The van der Waals surface area contributed by atoms with Crippen molar-refractivity contribution < 1.29 is 13.2 Å². The first-order valence-corrected chi connectivity index (χ1v) is 9.80. The molecule has 2 aromatic rings. The average molecular weight is 345 g/mol. The van der Waals surface area contributed by atoms with Crippen LogP contribution in [-0.2, 0) is 14.8 Å². The van der Waals surface area contributed by atoms with Crippen LogP contribution in [0.4, 0.5) is 0 Å². The highest BCUT2D eigenvalue weighted by molar-refractivity contribution is 7.89. The maximum Gasteiger partial charge on any atom is 0.241 e. The molecule has 1 aliphatic rings. The van der Waals surface area contributed by atoms with Crippen molar-refractivity contribution in [3.05, 3.63) is 65.7 Å². The first kappa shape index (κ1) is 17.1. The van der Waals surface area contributed by atoms with E-state index in [0.717, 1.165) is 30.4 Å². The SMILES string of the molecule is Cc1ccc(S(=O)(=O)N[C@@H](c2ccccc2)[C@@H]2CCCCO2)cc1. The molecule has 0 spiro atoms. The van der Waals surface area contributed by atoms with Crippen molar-refractivity contribution in [2.24, 2.45) is 0 Å². The van der Waals surface area contributed by atoms with E-state index in [1.807, 2.05) is 49.4 Å². The molecule has 0 aromatic heterocycles. The third kappa shape index (κ3) is 4.04. The van der Waals surface area contributed by atoms with Crippen LogP contribution in [0.5, 0.6) is 0 Å². The Bertz CT molecular complexity index is 751. The lowest BCUT2D eigenvalue weighted by Gasteiger charge is -2.31. The van der Waals surface area contributed by atoms with Crippen LogP contribution < -0.4 is 4.72 Å². The monoisotopic (exact) mass is 345 g/mol. The first-order valence-electron chi connectivity index (χ1n) is 8.32. The number of ether oxygens (including phenoxy) is 1. The summed E-state index contributed by atoms with van der Waals surface area (Å²) in [6, 6.07) is 16.2. The second-order valence-corrected chi connectivity index (χ2v) is 7.94. The summed E-state index contributed by atoms with van der Waals surface area (Å²) < 4.78 is 34.3. The van der Waals surface area contributed by atoms with E-state index in [4.69, 9.17) is 4.74 Å². The van der Waals surface area contributed by atoms with Gasteiger partial charge in [-0.05, 0) is 43.9 Å². The third-order valence-corrected chi connectivity index (χ3v) is 5.82. The van der Waals surface area contributed by atoms with Gasteiger partial charge >= 0.3 is 0 Å². The summed E-state index contributed by atoms with van der Waals surface area (Å²) >= 11 is 0. The van der Waals surface area contributed by atoms with Gasteiger partial charge in [-0.2, -0.15) is 0 Å². The van der Waals surface area contributed by atoms with Crippen molar-refractivity contribution in [3.8, 4) is 0 Å². The standard InChI is InChI=1S/C19H23NO3S/c1-15-10-12-17(13-11-15)24(21,22)20-19(16-7-3-2-4-8-16)18-9-5-6-14-23-18/h2-4,7-8,10-13,18-20H,5-6,9,14H2,1H3/t18-,19-/m0/s1. The molecule has 0 saturated carbocycles. The highest BCUT2D eigenvalue weighted by atomic mass is 32.2. The van der Waals surface area contributed by atoms with Crippen LogP contribution in [0.3, 0.4) is 0 Å². The van der Waals surface area contributed by atoms with Gasteiger partial charge in [0.25, 0.3) is 0 Å². The molecule has 0 amide bonds. The lowest BCUT2D eigenvalue weighted by Crippen LogP contribution is -2.39. The highest BCUT2D eigenvalue weighted by Gasteiger charge is 2.30. The molecule has 0 bridgehead atoms. The smallest absolute Gasteiger partial charge is 0.241 e. The van der Waals surface area contributed by atoms with Gasteiger partial charge in [0.1, 0.15) is 0 Å². The minimum absolute atomic E-state index is 0.138. The van der Waals surface area contributed by atoms with Crippen molar-refractivity contribution in [1.82, 2.24) is 4.72 Å². The Hall–Kier alpha value is -1.69. The van der Waals surface area contributed by atoms with Gasteiger partial charge in [-0.3, -0.25) is 0 Å². The normalized spacial score (nSPS) is 19.8. The Balaban J connectivity index is 1.89. The van der Waals surface area contributed by atoms with E-state index in [1.54, 1.807) is 12.1 Å². The maximum atomic E-state index is 12.8. The number of aryl methyl sites for hydroxylation is 1. The van der Waals surface area contributed by atoms with E-state index >= 15 is 0 Å². The van der Waals surface area contributed by atoms with Gasteiger partial charge in [-0.1, -0.05) is 48.0 Å². The molecule has 1 heterocycles. The predicted molar refractivity (Wildman–Crippen MR) is 94.3 cm³/mol. The molecular weight excluding hydrogens is 322 g/mol. The van der Waals surface area contributed by atoms with Crippen molar-refractivity contribution in [3.63, 3.8) is 0 Å². The number of nitrogens with one attached hydrogen (secondary N) is 1. The zero-order valence-corrected chi connectivity index (χ0v) is 14.6. The van der Waals surface area contributed by atoms with Gasteiger partial charge in [0.15, 0.2) is 0 Å². The zero-order valence-electron chi connectivity index (χ0n) is 13.8. The molecule has 128 valence electrons. The summed E-state index contributed by atoms with van der Waals surface area (Å²) in [5, 5.41) is 0. The summed E-state index contributed by atoms with van der Waals surface area (Å²) in [6.07, 6.45) is 2.81. The van der Waals surface area contributed by atoms with Crippen LogP contribution in [0.1, 0.15) is 36.4 Å². The topological polar surface area (TPSA) is 55.4 Å². The summed E-state index contributed by atoms with van der Waals surface area (Å²) in [4.78, 5) is 0.282. The Morgan fingerprint density at radius 1 is 1.04 bits per heavy atom. The molecule has 3 rings (SSSR count). The quantitative estimate of drug-likeness (QED) is 0.901. The largest absolute Gasteiger partial charge is 0.376 e. The van der Waals surface area contributed by atoms with Gasteiger partial charge < -0.3 is 4.74 Å². The second kappa shape index (κ2) is 7.47. The van der Waals surface area contributed by atoms with Crippen LogP contribution >= 0.6 is 0 Å². The van der Waals surface area contributed by atoms with Crippen molar-refractivity contribution in [2.45, 2.75) is 43.2 Å². The van der Waals surface area contributed by atoms with Crippen molar-refractivity contribution in [1.29, 1.82) is 0 Å². The molecule has 0 unspecified atom stereocenters. The van der Waals surface area contributed by atoms with Crippen LogP contribution in [0, 0.1) is 6.92 Å². The molecule has 1 saturated heterocycles. The number of hydrogen-bond donors (Lipinski definition) is 1. The van der Waals surface area contributed by atoms with E-state index in [9.17, 15) is 8.42 Å². The van der Waals surface area contributed by atoms with E-state index in [-0.39, 0.29) is 17.0 Å². The molecular formula is C19H23NO3S. The first-order chi connectivity index (χ1) is 11.6. The fourth-order valence-electron chi connectivity index (χ4n) is 3.00. The van der Waals surface area contributed by atoms with Gasteiger partial charge in [0.05, 0.1) is 17.0 Å². The summed E-state index contributed by atoms with van der Waals surface area (Å²) in [7, 11) is -3.60. The summed E-state index contributed by atoms with van der Waals surface area (Å²) in [5.74, 6) is 0. The minimum Gasteiger partial charge on any atom is -0.376 e. The Kier molecular flexibility index (Phi) is 5.33. The highest BCUT2D eigenvalue weighted by Crippen LogP contribution is 2.28. The molecule has 2 aromatic carbocycles. The van der Waals surface area contributed by atoms with E-state index in [1.165, 1.54) is 0 Å². The molecule has 2 atom stereocenters. The fraction of sp³-hybridized carbons (Fsp3) is 0.368. The van der Waals surface area contributed by atoms with Gasteiger partial charge in [-0.25, -0.2) is 13.1 Å². The van der Waals surface area contributed by atoms with Gasteiger partial charge in [0.2, 0.25) is 10.0 Å². The lowest BCUT2D eigenvalue weighted by atomic mass is 9.97. The van der Waals surface area contributed by atoms with Gasteiger partial charge in [0, 0.05) is 6.61 Å². The van der Waals surface area contributed by atoms with Crippen LogP contribution in [-0.4, -0.2) is 21.1 Å². The number of sulfonamides is 1. The summed E-state index contributed by atoms with van der Waals surface area (Å²) in [5.41, 5.74) is 1.96.